The highest BCUT2D eigenvalue weighted by atomic mass is 16.5. The summed E-state index contributed by atoms with van der Waals surface area (Å²) in [6.07, 6.45) is 5.65. The van der Waals surface area contributed by atoms with Gasteiger partial charge in [-0.1, -0.05) is 0 Å². The van der Waals surface area contributed by atoms with E-state index < -0.39 is 0 Å². The van der Waals surface area contributed by atoms with Crippen LogP contribution in [0.3, 0.4) is 0 Å². The van der Waals surface area contributed by atoms with Crippen LogP contribution < -0.4 is 0 Å². The number of rotatable bonds is 4. The third-order valence-electron chi connectivity index (χ3n) is 4.01. The molecule has 0 aromatic rings. The Bertz CT molecular complexity index is 243. The smallest absolute Gasteiger partial charge is 0.129 e. The Labute approximate surface area is 103 Å². The van der Waals surface area contributed by atoms with Crippen molar-refractivity contribution in [1.29, 1.82) is 0 Å². The molecule has 0 saturated carbocycles. The van der Waals surface area contributed by atoms with E-state index in [1.54, 1.807) is 7.11 Å². The molecule has 2 fully saturated rings. The van der Waals surface area contributed by atoms with Gasteiger partial charge in [-0.2, -0.15) is 0 Å². The maximum Gasteiger partial charge on any atom is 0.129 e. The number of nitrogens with zero attached hydrogens (tertiary/aromatic N) is 1. The van der Waals surface area contributed by atoms with E-state index in [0.717, 1.165) is 58.2 Å². The van der Waals surface area contributed by atoms with E-state index in [9.17, 15) is 4.79 Å². The molecule has 2 rings (SSSR count). The maximum atomic E-state index is 11.3. The van der Waals surface area contributed by atoms with Crippen molar-refractivity contribution in [2.24, 2.45) is 5.41 Å². The zero-order valence-corrected chi connectivity index (χ0v) is 10.7. The minimum absolute atomic E-state index is 0.252. The number of ether oxygens (including phenoxy) is 2. The fourth-order valence-electron chi connectivity index (χ4n) is 2.88. The second kappa shape index (κ2) is 5.94. The third-order valence-corrected chi connectivity index (χ3v) is 4.01. The molecule has 0 amide bonds. The number of likely N-dealkylation sites (tertiary alicyclic amines) is 1. The number of methoxy groups -OCH3 is 1. The van der Waals surface area contributed by atoms with Crippen LogP contribution in [0.4, 0.5) is 0 Å². The molecular weight excluding hydrogens is 218 g/mol. The summed E-state index contributed by atoms with van der Waals surface area (Å²) in [5.74, 6) is 0. The summed E-state index contributed by atoms with van der Waals surface area (Å²) in [7, 11) is 1.78. The van der Waals surface area contributed by atoms with Gasteiger partial charge in [0.1, 0.15) is 6.29 Å². The lowest BCUT2D eigenvalue weighted by Crippen LogP contribution is -2.47. The first-order chi connectivity index (χ1) is 8.28. The van der Waals surface area contributed by atoms with E-state index in [2.05, 4.69) is 4.90 Å². The van der Waals surface area contributed by atoms with Crippen molar-refractivity contribution in [3.63, 3.8) is 0 Å². The molecule has 98 valence electrons. The molecule has 4 nitrogen and oxygen atoms in total. The fraction of sp³-hybridized carbons (Fsp3) is 0.923. The van der Waals surface area contributed by atoms with Crippen molar-refractivity contribution < 1.29 is 14.3 Å². The molecule has 2 aliphatic rings. The van der Waals surface area contributed by atoms with Crippen LogP contribution in [0.2, 0.25) is 0 Å². The predicted octanol–water partition coefficient (Wildman–Crippen LogP) is 1.09. The van der Waals surface area contributed by atoms with Gasteiger partial charge in [0.2, 0.25) is 0 Å². The number of hydrogen-bond acceptors (Lipinski definition) is 4. The Balaban J connectivity index is 1.84. The van der Waals surface area contributed by atoms with Gasteiger partial charge in [0, 0.05) is 33.4 Å². The molecule has 0 N–H and O–H groups in total. The van der Waals surface area contributed by atoms with Crippen LogP contribution in [0, 0.1) is 5.41 Å². The van der Waals surface area contributed by atoms with Gasteiger partial charge in [-0.25, -0.2) is 0 Å². The highest BCUT2D eigenvalue weighted by Crippen LogP contribution is 2.28. The summed E-state index contributed by atoms with van der Waals surface area (Å²) in [6, 6.07) is 0. The lowest BCUT2D eigenvalue weighted by Gasteiger charge is -2.39. The molecule has 0 bridgehead atoms. The molecular formula is C13H23NO3. The molecule has 0 aromatic heterocycles. The number of carbonyl (C=O) groups excluding carboxylic acids is 1. The van der Waals surface area contributed by atoms with Crippen molar-refractivity contribution in [2.75, 3.05) is 40.0 Å². The Morgan fingerprint density at radius 3 is 2.76 bits per heavy atom. The normalized spacial score (nSPS) is 32.5. The Morgan fingerprint density at radius 2 is 2.24 bits per heavy atom. The van der Waals surface area contributed by atoms with Crippen molar-refractivity contribution in [3.05, 3.63) is 0 Å². The van der Waals surface area contributed by atoms with Gasteiger partial charge < -0.3 is 19.2 Å². The summed E-state index contributed by atoms with van der Waals surface area (Å²) >= 11 is 0. The zero-order chi connectivity index (χ0) is 12.1. The van der Waals surface area contributed by atoms with Crippen LogP contribution >= 0.6 is 0 Å². The monoisotopic (exact) mass is 241 g/mol. The molecule has 2 saturated heterocycles. The highest BCUT2D eigenvalue weighted by Gasteiger charge is 2.35. The number of aldehydes is 1. The van der Waals surface area contributed by atoms with Gasteiger partial charge >= 0.3 is 0 Å². The minimum Gasteiger partial charge on any atom is -0.381 e. The molecule has 2 heterocycles. The summed E-state index contributed by atoms with van der Waals surface area (Å²) in [5, 5.41) is 0. The van der Waals surface area contributed by atoms with Crippen molar-refractivity contribution in [1.82, 2.24) is 4.90 Å². The summed E-state index contributed by atoms with van der Waals surface area (Å²) in [5.41, 5.74) is -0.252. The van der Waals surface area contributed by atoms with Crippen molar-refractivity contribution >= 4 is 6.29 Å². The Kier molecular flexibility index (Phi) is 4.54. The first kappa shape index (κ1) is 13.0. The Morgan fingerprint density at radius 1 is 1.47 bits per heavy atom. The second-order valence-corrected chi connectivity index (χ2v) is 5.35. The molecule has 17 heavy (non-hydrogen) atoms. The third kappa shape index (κ3) is 3.27. The number of piperidine rings is 1. The van der Waals surface area contributed by atoms with Crippen LogP contribution in [-0.4, -0.2) is 57.2 Å². The summed E-state index contributed by atoms with van der Waals surface area (Å²) in [6.45, 7) is 4.33. The fourth-order valence-corrected chi connectivity index (χ4v) is 2.88. The van der Waals surface area contributed by atoms with Gasteiger partial charge in [0.15, 0.2) is 0 Å². The molecule has 1 unspecified atom stereocenters. The topological polar surface area (TPSA) is 38.8 Å². The highest BCUT2D eigenvalue weighted by molar-refractivity contribution is 5.60. The maximum absolute atomic E-state index is 11.3. The van der Waals surface area contributed by atoms with Gasteiger partial charge in [0.25, 0.3) is 0 Å². The van der Waals surface area contributed by atoms with Gasteiger partial charge in [0.05, 0.1) is 18.1 Å². The number of hydrogen-bond donors (Lipinski definition) is 0. The van der Waals surface area contributed by atoms with E-state index in [0.29, 0.717) is 12.7 Å². The van der Waals surface area contributed by atoms with E-state index >= 15 is 0 Å². The zero-order valence-electron chi connectivity index (χ0n) is 10.7. The summed E-state index contributed by atoms with van der Waals surface area (Å²) < 4.78 is 10.8. The molecule has 2 aliphatic heterocycles. The SMILES string of the molecule is COC1CCN(CC2(C=O)CCCOC2)CC1. The predicted molar refractivity (Wildman–Crippen MR) is 65.0 cm³/mol. The Hall–Kier alpha value is -0.450. The molecule has 0 aliphatic carbocycles. The summed E-state index contributed by atoms with van der Waals surface area (Å²) in [4.78, 5) is 13.7. The first-order valence-electron chi connectivity index (χ1n) is 6.57. The second-order valence-electron chi connectivity index (χ2n) is 5.35. The molecule has 1 atom stereocenters. The van der Waals surface area contributed by atoms with Crippen LogP contribution in [0.15, 0.2) is 0 Å². The van der Waals surface area contributed by atoms with Crippen LogP contribution in [-0.2, 0) is 14.3 Å². The standard InChI is InChI=1S/C13H23NO3/c1-16-12-3-6-14(7-4-12)9-13(10-15)5-2-8-17-11-13/h10,12H,2-9,11H2,1H3. The first-order valence-corrected chi connectivity index (χ1v) is 6.57. The van der Waals surface area contributed by atoms with E-state index in [1.807, 2.05) is 0 Å². The number of carbonyl (C=O) groups is 1. The van der Waals surface area contributed by atoms with Crippen LogP contribution in [0.25, 0.3) is 0 Å². The van der Waals surface area contributed by atoms with E-state index in [-0.39, 0.29) is 5.41 Å². The molecule has 0 aromatic carbocycles. The van der Waals surface area contributed by atoms with Gasteiger partial charge in [-0.15, -0.1) is 0 Å². The molecule has 4 heteroatoms. The molecule has 0 radical (unpaired) electrons. The lowest BCUT2D eigenvalue weighted by atomic mass is 9.83. The van der Waals surface area contributed by atoms with E-state index in [4.69, 9.17) is 9.47 Å². The van der Waals surface area contributed by atoms with Crippen molar-refractivity contribution in [3.8, 4) is 0 Å². The quantitative estimate of drug-likeness (QED) is 0.691. The van der Waals surface area contributed by atoms with Gasteiger partial charge in [-0.05, 0) is 25.7 Å². The largest absolute Gasteiger partial charge is 0.381 e. The van der Waals surface area contributed by atoms with Crippen molar-refractivity contribution in [2.45, 2.75) is 31.8 Å². The van der Waals surface area contributed by atoms with Gasteiger partial charge in [-0.3, -0.25) is 0 Å². The minimum atomic E-state index is -0.252. The average Bonchev–Trinajstić information content (AvgIpc) is 2.41. The van der Waals surface area contributed by atoms with Crippen LogP contribution in [0.5, 0.6) is 0 Å². The average molecular weight is 241 g/mol. The lowest BCUT2D eigenvalue weighted by molar-refractivity contribution is -0.126. The van der Waals surface area contributed by atoms with Crippen LogP contribution in [0.1, 0.15) is 25.7 Å². The van der Waals surface area contributed by atoms with E-state index in [1.165, 1.54) is 0 Å². The molecule has 0 spiro atoms.